The van der Waals surface area contributed by atoms with Gasteiger partial charge in [-0.3, -0.25) is 9.52 Å². The van der Waals surface area contributed by atoms with E-state index in [0.717, 1.165) is 18.2 Å². The minimum atomic E-state index is -4.71. The summed E-state index contributed by atoms with van der Waals surface area (Å²) in [5.74, 6) is -0.567. The highest BCUT2D eigenvalue weighted by atomic mass is 35.5. The van der Waals surface area contributed by atoms with Crippen LogP contribution in [0.4, 0.5) is 18.9 Å². The van der Waals surface area contributed by atoms with Crippen molar-refractivity contribution in [2.75, 3.05) is 11.8 Å². The molecule has 0 spiro atoms. The van der Waals surface area contributed by atoms with Gasteiger partial charge < -0.3 is 10.1 Å². The largest absolute Gasteiger partial charge is 0.456 e. The van der Waals surface area contributed by atoms with Crippen LogP contribution in [0.1, 0.15) is 16.7 Å². The normalized spacial score (nSPS) is 11.4. The molecule has 3 rings (SSSR count). The van der Waals surface area contributed by atoms with Crippen molar-refractivity contribution in [3.05, 3.63) is 82.4 Å². The van der Waals surface area contributed by atoms with Crippen LogP contribution in [0.5, 0.6) is 11.5 Å². The van der Waals surface area contributed by atoms with Gasteiger partial charge >= 0.3 is 6.18 Å². The highest BCUT2D eigenvalue weighted by Crippen LogP contribution is 2.38. The predicted octanol–water partition coefficient (Wildman–Crippen LogP) is 5.11. The Morgan fingerprint density at radius 1 is 1.09 bits per heavy atom. The fraction of sp³-hybridized carbons (Fsp3) is 0.130. The number of alkyl halides is 3. The zero-order valence-corrected chi connectivity index (χ0v) is 19.6. The molecule has 3 aromatic carbocycles. The molecule has 1 amide bonds. The molecule has 12 heteroatoms. The predicted molar refractivity (Wildman–Crippen MR) is 123 cm³/mol. The Morgan fingerprint density at radius 3 is 2.37 bits per heavy atom. The van der Waals surface area contributed by atoms with Crippen LogP contribution in [-0.2, 0) is 27.4 Å². The molecule has 0 radical (unpaired) electrons. The van der Waals surface area contributed by atoms with E-state index in [2.05, 4.69) is 10.0 Å². The van der Waals surface area contributed by atoms with Crippen LogP contribution in [0.3, 0.4) is 0 Å². The second kappa shape index (κ2) is 10.2. The number of hydrogen-bond donors (Lipinski definition) is 2. The van der Waals surface area contributed by atoms with Crippen LogP contribution in [0.2, 0.25) is 5.02 Å². The van der Waals surface area contributed by atoms with Crippen LogP contribution in [0.15, 0.2) is 65.6 Å². The smallest absolute Gasteiger partial charge is 0.417 e. The lowest BCUT2D eigenvalue weighted by Gasteiger charge is -2.13. The Labute approximate surface area is 204 Å². The van der Waals surface area contributed by atoms with E-state index in [4.69, 9.17) is 16.3 Å². The molecule has 2 N–H and O–H groups in total. The van der Waals surface area contributed by atoms with E-state index >= 15 is 0 Å². The summed E-state index contributed by atoms with van der Waals surface area (Å²) >= 11 is 5.60. The van der Waals surface area contributed by atoms with Gasteiger partial charge in [0.25, 0.3) is 10.0 Å². The molecule has 7 nitrogen and oxygen atoms in total. The number of nitriles is 1. The molecule has 35 heavy (non-hydrogen) atoms. The molecule has 0 atom stereocenters. The maximum atomic E-state index is 13.1. The second-order valence-corrected chi connectivity index (χ2v) is 9.25. The Bertz CT molecular complexity index is 1400. The third-order valence-electron chi connectivity index (χ3n) is 4.70. The van der Waals surface area contributed by atoms with E-state index in [-0.39, 0.29) is 40.0 Å². The van der Waals surface area contributed by atoms with Crippen molar-refractivity contribution in [2.45, 2.75) is 17.5 Å². The van der Waals surface area contributed by atoms with Crippen molar-refractivity contribution >= 4 is 33.2 Å². The van der Waals surface area contributed by atoms with Crippen molar-refractivity contribution < 1.29 is 31.1 Å². The number of halogens is 4. The number of nitrogens with zero attached hydrogens (tertiary/aromatic N) is 1. The molecule has 0 bridgehead atoms. The zero-order valence-electron chi connectivity index (χ0n) is 18.0. The number of likely N-dealkylation sites (N-methyl/N-ethyl adjacent to an activating group) is 1. The molecule has 0 aliphatic carbocycles. The fourth-order valence-electron chi connectivity index (χ4n) is 2.94. The van der Waals surface area contributed by atoms with Gasteiger partial charge in [0.15, 0.2) is 0 Å². The molecular formula is C23H17ClF3N3O4S. The number of ether oxygens (including phenoxy) is 1. The molecule has 0 fully saturated rings. The van der Waals surface area contributed by atoms with Crippen LogP contribution >= 0.6 is 11.6 Å². The molecule has 0 saturated heterocycles. The quantitative estimate of drug-likeness (QED) is 0.447. The first kappa shape index (κ1) is 25.9. The number of benzene rings is 3. The van der Waals surface area contributed by atoms with E-state index in [9.17, 15) is 31.6 Å². The average molecular weight is 524 g/mol. The molecule has 3 aromatic rings. The Kier molecular flexibility index (Phi) is 7.57. The first-order valence-electron chi connectivity index (χ1n) is 9.84. The molecule has 0 unspecified atom stereocenters. The Balaban J connectivity index is 1.82. The van der Waals surface area contributed by atoms with Crippen LogP contribution < -0.4 is 14.8 Å². The van der Waals surface area contributed by atoms with Gasteiger partial charge in [0.2, 0.25) is 5.91 Å². The Hall–Kier alpha value is -3.75. The summed E-state index contributed by atoms with van der Waals surface area (Å²) in [6, 6.07) is 14.2. The third kappa shape index (κ3) is 6.44. The van der Waals surface area contributed by atoms with Crippen LogP contribution in [0.25, 0.3) is 0 Å². The van der Waals surface area contributed by atoms with Crippen molar-refractivity contribution in [1.82, 2.24) is 5.32 Å². The number of anilines is 1. The molecule has 0 aliphatic rings. The van der Waals surface area contributed by atoms with E-state index in [0.29, 0.717) is 11.6 Å². The van der Waals surface area contributed by atoms with Gasteiger partial charge in [-0.05, 0) is 54.1 Å². The minimum absolute atomic E-state index is 0.134. The molecule has 0 aromatic heterocycles. The number of amides is 1. The van der Waals surface area contributed by atoms with E-state index in [1.165, 1.54) is 31.3 Å². The van der Waals surface area contributed by atoms with E-state index < -0.39 is 26.8 Å². The van der Waals surface area contributed by atoms with Gasteiger partial charge in [0, 0.05) is 12.7 Å². The zero-order chi connectivity index (χ0) is 25.8. The molecular weight excluding hydrogens is 507 g/mol. The second-order valence-electron chi connectivity index (χ2n) is 7.16. The van der Waals surface area contributed by atoms with Crippen LogP contribution in [-0.4, -0.2) is 21.4 Å². The van der Waals surface area contributed by atoms with E-state index in [1.807, 2.05) is 0 Å². The fourth-order valence-corrected chi connectivity index (χ4v) is 4.25. The average Bonchev–Trinajstić information content (AvgIpc) is 2.80. The highest BCUT2D eigenvalue weighted by Gasteiger charge is 2.33. The summed E-state index contributed by atoms with van der Waals surface area (Å²) < 4.78 is 72.6. The summed E-state index contributed by atoms with van der Waals surface area (Å²) in [4.78, 5) is 11.2. The number of rotatable bonds is 7. The van der Waals surface area contributed by atoms with Crippen molar-refractivity contribution in [1.29, 1.82) is 5.26 Å². The van der Waals surface area contributed by atoms with Crippen molar-refractivity contribution in [3.8, 4) is 17.6 Å². The summed E-state index contributed by atoms with van der Waals surface area (Å²) in [7, 11) is -2.60. The summed E-state index contributed by atoms with van der Waals surface area (Å²) in [5, 5.41) is 11.4. The SMILES string of the molecule is CNC(=O)Cc1ccc(NS(=O)(=O)c2ccc(Oc3ccc(Cl)c(C(F)(F)F)c3)c(C#N)c2)cc1. The first-order valence-corrected chi connectivity index (χ1v) is 11.7. The molecule has 0 aliphatic heterocycles. The van der Waals surface area contributed by atoms with Crippen LogP contribution in [0, 0.1) is 11.3 Å². The number of sulfonamides is 1. The van der Waals surface area contributed by atoms with Gasteiger partial charge in [-0.15, -0.1) is 0 Å². The first-order chi connectivity index (χ1) is 16.4. The van der Waals surface area contributed by atoms with Gasteiger partial charge in [0.1, 0.15) is 17.6 Å². The summed E-state index contributed by atoms with van der Waals surface area (Å²) in [6.45, 7) is 0. The lowest BCUT2D eigenvalue weighted by atomic mass is 10.1. The van der Waals surface area contributed by atoms with Gasteiger partial charge in [-0.25, -0.2) is 8.42 Å². The lowest BCUT2D eigenvalue weighted by Crippen LogP contribution is -2.19. The summed E-state index contributed by atoms with van der Waals surface area (Å²) in [6.07, 6.45) is -4.58. The number of carbonyl (C=O) groups is 1. The summed E-state index contributed by atoms with van der Waals surface area (Å²) in [5.41, 5.74) is -0.418. The van der Waals surface area contributed by atoms with Gasteiger partial charge in [-0.1, -0.05) is 23.7 Å². The number of nitrogens with one attached hydrogen (secondary N) is 2. The third-order valence-corrected chi connectivity index (χ3v) is 6.41. The topological polar surface area (TPSA) is 108 Å². The molecule has 0 saturated carbocycles. The maximum Gasteiger partial charge on any atom is 0.417 e. The highest BCUT2D eigenvalue weighted by molar-refractivity contribution is 7.92. The number of hydrogen-bond acceptors (Lipinski definition) is 5. The molecule has 182 valence electrons. The van der Waals surface area contributed by atoms with Gasteiger partial charge in [0.05, 0.1) is 27.5 Å². The van der Waals surface area contributed by atoms with E-state index in [1.54, 1.807) is 18.2 Å². The molecule has 0 heterocycles. The Morgan fingerprint density at radius 2 is 1.77 bits per heavy atom. The maximum absolute atomic E-state index is 13.1. The van der Waals surface area contributed by atoms with Crippen molar-refractivity contribution in [2.24, 2.45) is 0 Å². The standard InChI is InChI=1S/C23H17ClF3N3O4S/c1-29-22(31)10-14-2-4-16(5-3-14)30-35(32,33)18-7-9-21(15(11-18)13-28)34-17-6-8-20(24)19(12-17)23(25,26)27/h2-9,11-12,30H,10H2,1H3,(H,29,31). The lowest BCUT2D eigenvalue weighted by molar-refractivity contribution is -0.137. The van der Waals surface area contributed by atoms with Crippen molar-refractivity contribution in [3.63, 3.8) is 0 Å². The minimum Gasteiger partial charge on any atom is -0.456 e. The monoisotopic (exact) mass is 523 g/mol. The van der Waals surface area contributed by atoms with Gasteiger partial charge in [-0.2, -0.15) is 18.4 Å². The number of carbonyl (C=O) groups excluding carboxylic acids is 1.